The van der Waals surface area contributed by atoms with E-state index in [0.29, 0.717) is 31.0 Å². The Bertz CT molecular complexity index is 549. The Hall–Kier alpha value is -1.11. The highest BCUT2D eigenvalue weighted by molar-refractivity contribution is 7.89. The highest BCUT2D eigenvalue weighted by atomic mass is 32.2. The summed E-state index contributed by atoms with van der Waals surface area (Å²) >= 11 is 0. The van der Waals surface area contributed by atoms with Crippen LogP contribution in [0.4, 0.5) is 5.69 Å². The van der Waals surface area contributed by atoms with Gasteiger partial charge in [-0.25, -0.2) is 13.1 Å². The van der Waals surface area contributed by atoms with E-state index >= 15 is 0 Å². The Morgan fingerprint density at radius 1 is 1.19 bits per heavy atom. The smallest absolute Gasteiger partial charge is 0.241 e. The predicted octanol–water partition coefficient (Wildman–Crippen LogP) is 2.36. The zero-order valence-electron chi connectivity index (χ0n) is 12.7. The van der Waals surface area contributed by atoms with E-state index in [9.17, 15) is 8.42 Å². The zero-order valence-corrected chi connectivity index (χ0v) is 13.5. The van der Waals surface area contributed by atoms with Gasteiger partial charge in [0.15, 0.2) is 0 Å². The molecule has 118 valence electrons. The van der Waals surface area contributed by atoms with E-state index in [-0.39, 0.29) is 0 Å². The first-order valence-electron chi connectivity index (χ1n) is 7.41. The van der Waals surface area contributed by atoms with Crippen LogP contribution in [0.3, 0.4) is 0 Å². The number of ether oxygens (including phenoxy) is 1. The summed E-state index contributed by atoms with van der Waals surface area (Å²) in [5.41, 5.74) is 0.518. The molecule has 1 heterocycles. The second kappa shape index (κ2) is 6.77. The van der Waals surface area contributed by atoms with Crippen LogP contribution >= 0.6 is 0 Å². The van der Waals surface area contributed by atoms with Crippen molar-refractivity contribution in [2.24, 2.45) is 0 Å². The molecule has 6 heteroatoms. The molecule has 0 spiro atoms. The van der Waals surface area contributed by atoms with Gasteiger partial charge in [0.2, 0.25) is 10.0 Å². The summed E-state index contributed by atoms with van der Waals surface area (Å²) in [6, 6.07) is 6.89. The lowest BCUT2D eigenvalue weighted by Gasteiger charge is -2.34. The van der Waals surface area contributed by atoms with E-state index in [4.69, 9.17) is 4.74 Å². The van der Waals surface area contributed by atoms with Crippen molar-refractivity contribution in [1.29, 1.82) is 0 Å². The Kier molecular flexibility index (Phi) is 5.24. The van der Waals surface area contributed by atoms with Gasteiger partial charge in [-0.3, -0.25) is 0 Å². The van der Waals surface area contributed by atoms with Gasteiger partial charge in [-0.15, -0.1) is 0 Å². The number of benzene rings is 1. The van der Waals surface area contributed by atoms with Crippen LogP contribution in [0.25, 0.3) is 0 Å². The molecule has 2 N–H and O–H groups in total. The molecule has 0 bridgehead atoms. The monoisotopic (exact) mass is 312 g/mol. The Labute approximate surface area is 127 Å². The van der Waals surface area contributed by atoms with Crippen molar-refractivity contribution < 1.29 is 13.2 Å². The van der Waals surface area contributed by atoms with Crippen LogP contribution in [0.5, 0.6) is 0 Å². The van der Waals surface area contributed by atoms with Gasteiger partial charge in [0.05, 0.1) is 4.90 Å². The van der Waals surface area contributed by atoms with Gasteiger partial charge in [-0.05, 0) is 50.5 Å². The Morgan fingerprint density at radius 3 is 2.38 bits per heavy atom. The van der Waals surface area contributed by atoms with Gasteiger partial charge in [-0.2, -0.15) is 0 Å². The van der Waals surface area contributed by atoms with E-state index in [1.165, 1.54) is 0 Å². The molecule has 1 aromatic carbocycles. The van der Waals surface area contributed by atoms with Crippen LogP contribution in [0.1, 0.15) is 33.1 Å². The molecule has 0 radical (unpaired) electrons. The van der Waals surface area contributed by atoms with Crippen LogP contribution in [0.2, 0.25) is 0 Å². The molecular formula is C15H24N2O3S. The van der Waals surface area contributed by atoms with Crippen LogP contribution in [0, 0.1) is 0 Å². The molecule has 1 aromatic rings. The summed E-state index contributed by atoms with van der Waals surface area (Å²) in [5, 5.41) is 3.23. The average molecular weight is 312 g/mol. The quantitative estimate of drug-likeness (QED) is 0.846. The Morgan fingerprint density at radius 2 is 1.81 bits per heavy atom. The van der Waals surface area contributed by atoms with E-state index < -0.39 is 15.6 Å². The molecule has 2 rings (SSSR count). The third-order valence-electron chi connectivity index (χ3n) is 3.72. The lowest BCUT2D eigenvalue weighted by atomic mass is 9.94. The first kappa shape index (κ1) is 16.3. The summed E-state index contributed by atoms with van der Waals surface area (Å²) in [6.07, 6.45) is 2.42. The molecule has 0 unspecified atom stereocenters. The minimum atomic E-state index is -3.49. The Balaban J connectivity index is 2.08. The number of hydrogen-bond donors (Lipinski definition) is 2. The van der Waals surface area contributed by atoms with Crippen molar-refractivity contribution >= 4 is 15.7 Å². The van der Waals surface area contributed by atoms with Crippen molar-refractivity contribution in [3.05, 3.63) is 24.3 Å². The van der Waals surface area contributed by atoms with Crippen LogP contribution in [-0.2, 0) is 14.8 Å². The number of rotatable bonds is 6. The summed E-state index contributed by atoms with van der Waals surface area (Å²) in [5.74, 6) is 0. The van der Waals surface area contributed by atoms with Gasteiger partial charge in [0.1, 0.15) is 0 Å². The SMILES string of the molecule is CCCNc1ccc(S(=O)(=O)NC2(C)CCOCC2)cc1. The number of anilines is 1. The molecule has 0 atom stereocenters. The molecule has 1 fully saturated rings. The third-order valence-corrected chi connectivity index (χ3v) is 5.38. The average Bonchev–Trinajstić information content (AvgIpc) is 2.45. The zero-order chi connectivity index (χ0) is 15.3. The van der Waals surface area contributed by atoms with Gasteiger partial charge in [0.25, 0.3) is 0 Å². The fraction of sp³-hybridized carbons (Fsp3) is 0.600. The second-order valence-corrected chi connectivity index (χ2v) is 7.41. The van der Waals surface area contributed by atoms with Gasteiger partial charge in [-0.1, -0.05) is 6.92 Å². The van der Waals surface area contributed by atoms with Gasteiger partial charge < -0.3 is 10.1 Å². The summed E-state index contributed by atoms with van der Waals surface area (Å²) in [4.78, 5) is 0.303. The van der Waals surface area contributed by atoms with E-state index in [2.05, 4.69) is 17.0 Å². The highest BCUT2D eigenvalue weighted by Crippen LogP contribution is 2.23. The molecule has 5 nitrogen and oxygen atoms in total. The third kappa shape index (κ3) is 4.43. The second-order valence-electron chi connectivity index (χ2n) is 5.73. The summed E-state index contributed by atoms with van der Waals surface area (Å²) in [7, 11) is -3.49. The number of hydrogen-bond acceptors (Lipinski definition) is 4. The number of sulfonamides is 1. The highest BCUT2D eigenvalue weighted by Gasteiger charge is 2.32. The minimum Gasteiger partial charge on any atom is -0.385 e. The molecule has 0 saturated carbocycles. The van der Waals surface area contributed by atoms with E-state index in [0.717, 1.165) is 18.7 Å². The van der Waals surface area contributed by atoms with Crippen LogP contribution < -0.4 is 10.0 Å². The maximum absolute atomic E-state index is 12.5. The number of nitrogens with one attached hydrogen (secondary N) is 2. The molecule has 1 saturated heterocycles. The summed E-state index contributed by atoms with van der Waals surface area (Å²) < 4.78 is 33.0. The predicted molar refractivity (Wildman–Crippen MR) is 84.0 cm³/mol. The largest absolute Gasteiger partial charge is 0.385 e. The van der Waals surface area contributed by atoms with E-state index in [1.54, 1.807) is 24.3 Å². The minimum absolute atomic E-state index is 0.303. The normalized spacial score (nSPS) is 18.4. The molecule has 1 aliphatic heterocycles. The van der Waals surface area contributed by atoms with Gasteiger partial charge in [0, 0.05) is 31.0 Å². The lowest BCUT2D eigenvalue weighted by molar-refractivity contribution is 0.0537. The van der Waals surface area contributed by atoms with Crippen molar-refractivity contribution in [3.63, 3.8) is 0 Å². The van der Waals surface area contributed by atoms with Gasteiger partial charge >= 0.3 is 0 Å². The molecular weight excluding hydrogens is 288 g/mol. The molecule has 0 amide bonds. The van der Waals surface area contributed by atoms with Crippen LogP contribution in [-0.4, -0.2) is 33.7 Å². The van der Waals surface area contributed by atoms with Crippen molar-refractivity contribution in [2.75, 3.05) is 25.1 Å². The maximum atomic E-state index is 12.5. The summed E-state index contributed by atoms with van der Waals surface area (Å²) in [6.45, 7) is 6.09. The van der Waals surface area contributed by atoms with Crippen molar-refractivity contribution in [3.8, 4) is 0 Å². The fourth-order valence-electron chi connectivity index (χ4n) is 2.33. The van der Waals surface area contributed by atoms with E-state index in [1.807, 2.05) is 6.92 Å². The first-order valence-corrected chi connectivity index (χ1v) is 8.89. The standard InChI is InChI=1S/C15H24N2O3S/c1-3-10-16-13-4-6-14(7-5-13)21(18,19)17-15(2)8-11-20-12-9-15/h4-7,16-17H,3,8-12H2,1-2H3. The topological polar surface area (TPSA) is 67.4 Å². The van der Waals surface area contributed by atoms with Crippen molar-refractivity contribution in [1.82, 2.24) is 4.72 Å². The molecule has 21 heavy (non-hydrogen) atoms. The van der Waals surface area contributed by atoms with Crippen LogP contribution in [0.15, 0.2) is 29.2 Å². The van der Waals surface area contributed by atoms with Crippen molar-refractivity contribution in [2.45, 2.75) is 43.5 Å². The molecule has 0 aliphatic carbocycles. The fourth-order valence-corrected chi connectivity index (χ4v) is 3.79. The molecule has 0 aromatic heterocycles. The first-order chi connectivity index (χ1) is 9.95. The molecule has 1 aliphatic rings. The maximum Gasteiger partial charge on any atom is 0.241 e. The lowest BCUT2D eigenvalue weighted by Crippen LogP contribution is -2.49.